The van der Waals surface area contributed by atoms with Crippen molar-refractivity contribution in [2.45, 2.75) is 0 Å². The monoisotopic (exact) mass is 285 g/mol. The molecule has 0 heterocycles. The van der Waals surface area contributed by atoms with Gasteiger partial charge in [0.1, 0.15) is 0 Å². The first-order chi connectivity index (χ1) is 1.73. The van der Waals surface area contributed by atoms with Crippen LogP contribution in [0.1, 0.15) is 0 Å². The maximum absolute atomic E-state index is 5.02. The zero-order valence-corrected chi connectivity index (χ0v) is 7.04. The van der Waals surface area contributed by atoms with E-state index in [0.29, 0.717) is 0 Å². The molecule has 0 aliphatic rings. The number of halogens is 3. The molecule has 0 aliphatic carbocycles. The van der Waals surface area contributed by atoms with Crippen molar-refractivity contribution >= 4 is 68.3 Å². The second-order valence-corrected chi connectivity index (χ2v) is 14.0. The summed E-state index contributed by atoms with van der Waals surface area (Å²) in [6, 6.07) is 0. The normalized spacial score (nSPS) is 5.40. The first-order valence-electron chi connectivity index (χ1n) is 0.567. The average Bonchev–Trinajstić information content (AvgIpc) is 0.811. The van der Waals surface area contributed by atoms with Gasteiger partial charge in [-0.2, -0.15) is 0 Å². The molecule has 0 radical (unpaired) electrons. The Balaban J connectivity index is 0. The average molecular weight is 287 g/mol. The molecule has 0 spiro atoms. The molecule has 0 bridgehead atoms. The fourth-order valence-electron chi connectivity index (χ4n) is 0. The Labute approximate surface area is 95.2 Å². The van der Waals surface area contributed by atoms with Gasteiger partial charge in [-0.15, -0.1) is 0 Å². The number of rotatable bonds is 0. The molecule has 0 N–H and O–H groups in total. The Hall–Kier alpha value is 3.88. The van der Waals surface area contributed by atoms with Crippen LogP contribution in [0.4, 0.5) is 0 Å². The SMILES string of the molecule is [Cl][Ce]([Cl])[Cl].[KH]. The summed E-state index contributed by atoms with van der Waals surface area (Å²) in [5.74, 6) is 0. The molecule has 27 valence electrons. The van der Waals surface area contributed by atoms with E-state index in [-0.39, 0.29) is 51.4 Å². The molecule has 0 aromatic heterocycles. The third-order valence-electron chi connectivity index (χ3n) is 0. The summed E-state index contributed by atoms with van der Waals surface area (Å²) in [7, 11) is 0. The molecule has 5 heteroatoms. The van der Waals surface area contributed by atoms with Crippen molar-refractivity contribution < 1.29 is 30.7 Å². The van der Waals surface area contributed by atoms with Crippen LogP contribution in [0.5, 0.6) is 0 Å². The van der Waals surface area contributed by atoms with Gasteiger partial charge in [0.05, 0.1) is 0 Å². The van der Waals surface area contributed by atoms with Gasteiger partial charge in [-0.3, -0.25) is 0 Å². The van der Waals surface area contributed by atoms with Gasteiger partial charge < -0.3 is 0 Å². The van der Waals surface area contributed by atoms with Crippen LogP contribution in [-0.2, 0) is 0 Å². The summed E-state index contributed by atoms with van der Waals surface area (Å²) >= 11 is -2.24. The zero-order chi connectivity index (χ0) is 3.58. The van der Waals surface area contributed by atoms with Crippen molar-refractivity contribution in [2.75, 3.05) is 0 Å². The van der Waals surface area contributed by atoms with Gasteiger partial charge in [-0.25, -0.2) is 0 Å². The zero-order valence-electron chi connectivity index (χ0n) is 1.63. The maximum atomic E-state index is 5.02. The molecule has 0 nitrogen and oxygen atoms in total. The van der Waals surface area contributed by atoms with Crippen molar-refractivity contribution in [1.82, 2.24) is 0 Å². The van der Waals surface area contributed by atoms with Crippen LogP contribution in [0.2, 0.25) is 0 Å². The fraction of sp³-hybridized carbons (Fsp3) is 0. The van der Waals surface area contributed by atoms with E-state index < -0.39 is 30.7 Å². The van der Waals surface area contributed by atoms with Gasteiger partial charge in [0.25, 0.3) is 0 Å². The van der Waals surface area contributed by atoms with Crippen molar-refractivity contribution in [3.05, 3.63) is 0 Å². The molecule has 0 unspecified atom stereocenters. The molecule has 0 fully saturated rings. The van der Waals surface area contributed by atoms with Crippen LogP contribution in [0, 0.1) is 30.7 Å². The van der Waals surface area contributed by atoms with E-state index in [0.717, 1.165) is 0 Å². The van der Waals surface area contributed by atoms with Gasteiger partial charge in [0.2, 0.25) is 0 Å². The van der Waals surface area contributed by atoms with Crippen molar-refractivity contribution in [2.24, 2.45) is 0 Å². The third kappa shape index (κ3) is 18.1. The third-order valence-corrected chi connectivity index (χ3v) is 0. The predicted molar refractivity (Wildman–Crippen MR) is 24.7 cm³/mol. The van der Waals surface area contributed by atoms with Gasteiger partial charge in [0, 0.05) is 0 Å². The molecule has 5 heavy (non-hydrogen) atoms. The minimum absolute atomic E-state index is 0. The Morgan fingerprint density at radius 3 is 1.00 bits per heavy atom. The van der Waals surface area contributed by atoms with Crippen molar-refractivity contribution in [3.63, 3.8) is 0 Å². The van der Waals surface area contributed by atoms with Crippen LogP contribution < -0.4 is 0 Å². The van der Waals surface area contributed by atoms with E-state index in [1.54, 1.807) is 0 Å². The quantitative estimate of drug-likeness (QED) is 0.591. The van der Waals surface area contributed by atoms with E-state index in [4.69, 9.17) is 16.9 Å². The van der Waals surface area contributed by atoms with Gasteiger partial charge >= 0.3 is 98.9 Å². The summed E-state index contributed by atoms with van der Waals surface area (Å²) in [4.78, 5) is 0. The van der Waals surface area contributed by atoms with Gasteiger partial charge in [0.15, 0.2) is 0 Å². The molecule has 0 rings (SSSR count). The minimum atomic E-state index is -2.24. The van der Waals surface area contributed by atoms with Crippen LogP contribution in [0.3, 0.4) is 0 Å². The van der Waals surface area contributed by atoms with Crippen LogP contribution >= 0.6 is 16.9 Å². The van der Waals surface area contributed by atoms with Crippen molar-refractivity contribution in [3.8, 4) is 0 Å². The van der Waals surface area contributed by atoms with Crippen LogP contribution in [0.25, 0.3) is 0 Å². The molecule has 0 saturated carbocycles. The van der Waals surface area contributed by atoms with Gasteiger partial charge in [-0.05, 0) is 0 Å². The summed E-state index contributed by atoms with van der Waals surface area (Å²) < 4.78 is 0. The van der Waals surface area contributed by atoms with E-state index >= 15 is 0 Å². The molecular formula is HCeCl3K. The van der Waals surface area contributed by atoms with Crippen LogP contribution in [0.15, 0.2) is 0 Å². The standard InChI is InChI=1S/Ce.3ClH.K.H/h;3*1H;;/q+3;;;;;/p-3. The molecular weight excluding hydrogens is 286 g/mol. The summed E-state index contributed by atoms with van der Waals surface area (Å²) in [5, 5.41) is 0. The first-order valence-corrected chi connectivity index (χ1v) is 12.4. The summed E-state index contributed by atoms with van der Waals surface area (Å²) in [6.07, 6.45) is 0. The van der Waals surface area contributed by atoms with Crippen LogP contribution in [-0.4, -0.2) is 51.4 Å². The van der Waals surface area contributed by atoms with Gasteiger partial charge in [-0.1, -0.05) is 0 Å². The molecule has 0 aliphatic heterocycles. The first kappa shape index (κ1) is 11.7. The fourth-order valence-corrected chi connectivity index (χ4v) is 0. The predicted octanol–water partition coefficient (Wildman–Crippen LogP) is 1.42. The summed E-state index contributed by atoms with van der Waals surface area (Å²) in [5.41, 5.74) is 15.1. The van der Waals surface area contributed by atoms with E-state index in [2.05, 4.69) is 0 Å². The van der Waals surface area contributed by atoms with E-state index in [9.17, 15) is 0 Å². The number of hydrogen-bond acceptors (Lipinski definition) is 0. The van der Waals surface area contributed by atoms with E-state index in [1.165, 1.54) is 0 Å². The topological polar surface area (TPSA) is 0 Å². The second-order valence-electron chi connectivity index (χ2n) is 0.214. The molecule has 0 amide bonds. The Bertz CT molecular complexity index is 11.6. The Kier molecular flexibility index (Phi) is 18.4. The molecule has 0 aromatic rings. The molecule has 0 aromatic carbocycles. The van der Waals surface area contributed by atoms with Crippen molar-refractivity contribution in [1.29, 1.82) is 0 Å². The summed E-state index contributed by atoms with van der Waals surface area (Å²) in [6.45, 7) is 0. The van der Waals surface area contributed by atoms with E-state index in [1.807, 2.05) is 0 Å². The Morgan fingerprint density at radius 1 is 1.00 bits per heavy atom. The Morgan fingerprint density at radius 2 is 1.00 bits per heavy atom. The molecule has 0 atom stereocenters. The number of hydrogen-bond donors (Lipinski definition) is 0. The second kappa shape index (κ2) is 7.88. The molecule has 0 saturated heterocycles.